The van der Waals surface area contributed by atoms with E-state index in [0.717, 1.165) is 35.5 Å². The number of hydrogen-bond acceptors (Lipinski definition) is 4. The lowest BCUT2D eigenvalue weighted by molar-refractivity contribution is -0.0884. The monoisotopic (exact) mass is 376 g/mol. The summed E-state index contributed by atoms with van der Waals surface area (Å²) in [6.45, 7) is 5.64. The van der Waals surface area contributed by atoms with Gasteiger partial charge in [-0.05, 0) is 52.2 Å². The van der Waals surface area contributed by atoms with Crippen molar-refractivity contribution >= 4 is 29.0 Å². The number of rotatable bonds is 3. The van der Waals surface area contributed by atoms with Crippen molar-refractivity contribution in [2.24, 2.45) is 0 Å². The van der Waals surface area contributed by atoms with Crippen LogP contribution in [0.2, 0.25) is 5.02 Å². The normalized spacial score (nSPS) is 27.2. The summed E-state index contributed by atoms with van der Waals surface area (Å²) in [4.78, 5) is 16.8. The number of amides is 1. The molecule has 1 aromatic carbocycles. The van der Waals surface area contributed by atoms with Crippen LogP contribution in [0.5, 0.6) is 0 Å². The molecule has 3 aliphatic rings. The summed E-state index contributed by atoms with van der Waals surface area (Å²) in [5, 5.41) is 7.06. The van der Waals surface area contributed by atoms with E-state index in [2.05, 4.69) is 10.7 Å². The molecule has 3 aliphatic carbocycles. The van der Waals surface area contributed by atoms with Gasteiger partial charge in [0.15, 0.2) is 0 Å². The number of thiazole rings is 1. The van der Waals surface area contributed by atoms with E-state index in [4.69, 9.17) is 21.3 Å². The molecule has 1 amide bonds. The largest absolute Gasteiger partial charge is 0.444 e. The van der Waals surface area contributed by atoms with Crippen molar-refractivity contribution in [1.29, 1.82) is 0 Å². The number of alkyl carbamates (subject to hydrolysis) is 1. The molecule has 0 saturated heterocycles. The van der Waals surface area contributed by atoms with Crippen molar-refractivity contribution in [3.63, 3.8) is 0 Å². The Balaban J connectivity index is 1.40. The van der Waals surface area contributed by atoms with E-state index >= 15 is 0 Å². The molecule has 25 heavy (non-hydrogen) atoms. The van der Waals surface area contributed by atoms with Crippen LogP contribution >= 0.6 is 22.9 Å². The smallest absolute Gasteiger partial charge is 0.408 e. The van der Waals surface area contributed by atoms with Gasteiger partial charge >= 0.3 is 6.09 Å². The average Bonchev–Trinajstić information content (AvgIpc) is 2.89. The van der Waals surface area contributed by atoms with Crippen molar-refractivity contribution in [2.75, 3.05) is 0 Å². The summed E-state index contributed by atoms with van der Waals surface area (Å²) >= 11 is 7.66. The predicted octanol–water partition coefficient (Wildman–Crippen LogP) is 5.16. The maximum atomic E-state index is 12.0. The minimum Gasteiger partial charge on any atom is -0.444 e. The molecule has 1 aromatic heterocycles. The molecule has 0 atom stereocenters. The van der Waals surface area contributed by atoms with E-state index in [9.17, 15) is 4.79 Å². The molecule has 0 spiro atoms. The summed E-state index contributed by atoms with van der Waals surface area (Å²) in [6.07, 6.45) is 2.54. The molecule has 5 rings (SSSR count). The number of nitrogens with one attached hydrogen (secondary N) is 1. The van der Waals surface area contributed by atoms with E-state index < -0.39 is 5.60 Å². The van der Waals surface area contributed by atoms with Crippen molar-refractivity contribution in [3.8, 4) is 11.3 Å². The van der Waals surface area contributed by atoms with E-state index in [0.29, 0.717) is 0 Å². The number of nitrogens with zero attached hydrogens (tertiary/aromatic N) is 1. The molecule has 6 heteroatoms. The first-order valence-electron chi connectivity index (χ1n) is 8.42. The molecule has 0 radical (unpaired) electrons. The highest BCUT2D eigenvalue weighted by molar-refractivity contribution is 7.10. The van der Waals surface area contributed by atoms with Crippen LogP contribution in [0.4, 0.5) is 4.79 Å². The van der Waals surface area contributed by atoms with E-state index in [1.165, 1.54) is 5.01 Å². The fourth-order valence-electron chi connectivity index (χ4n) is 3.94. The summed E-state index contributed by atoms with van der Waals surface area (Å²) in [5.41, 5.74) is 1.67. The molecule has 1 heterocycles. The van der Waals surface area contributed by atoms with Gasteiger partial charge in [-0.15, -0.1) is 11.3 Å². The molecule has 2 aromatic rings. The van der Waals surface area contributed by atoms with E-state index in [1.54, 1.807) is 11.3 Å². The summed E-state index contributed by atoms with van der Waals surface area (Å²) in [5.74, 6) is 0. The molecule has 1 N–H and O–H groups in total. The number of benzene rings is 1. The van der Waals surface area contributed by atoms with Crippen molar-refractivity contribution in [2.45, 2.75) is 56.6 Å². The van der Waals surface area contributed by atoms with Crippen molar-refractivity contribution in [3.05, 3.63) is 39.7 Å². The number of hydrogen-bond donors (Lipinski definition) is 1. The molecular weight excluding hydrogens is 356 g/mol. The summed E-state index contributed by atoms with van der Waals surface area (Å²) in [7, 11) is 0. The van der Waals surface area contributed by atoms with Crippen LogP contribution < -0.4 is 5.32 Å². The van der Waals surface area contributed by atoms with Crippen molar-refractivity contribution in [1.82, 2.24) is 10.3 Å². The lowest BCUT2D eigenvalue weighted by Gasteiger charge is -2.69. The lowest BCUT2D eigenvalue weighted by Crippen LogP contribution is -2.76. The number of carbonyl (C=O) groups excluding carboxylic acids is 1. The molecule has 4 nitrogen and oxygen atoms in total. The van der Waals surface area contributed by atoms with Gasteiger partial charge in [-0.3, -0.25) is 0 Å². The standard InChI is InChI=1S/C19H21ClN2O2S/c1-17(2,3)24-16(23)22-19-9-18(10-19,11-19)15-21-14(8-25-15)12-4-6-13(20)7-5-12/h4-8H,9-11H2,1-3H3,(H,22,23). The van der Waals surface area contributed by atoms with E-state index in [1.807, 2.05) is 45.0 Å². The minimum atomic E-state index is -0.464. The lowest BCUT2D eigenvalue weighted by atomic mass is 9.39. The third kappa shape index (κ3) is 3.04. The second-order valence-corrected chi connectivity index (χ2v) is 9.56. The van der Waals surface area contributed by atoms with Gasteiger partial charge in [0.2, 0.25) is 0 Å². The SMILES string of the molecule is CC(C)(C)OC(=O)NC12CC(c3nc(-c4ccc(Cl)cc4)cs3)(C1)C2. The zero-order valence-electron chi connectivity index (χ0n) is 14.6. The highest BCUT2D eigenvalue weighted by atomic mass is 35.5. The first-order chi connectivity index (χ1) is 11.7. The van der Waals surface area contributed by atoms with Gasteiger partial charge < -0.3 is 10.1 Å². The first kappa shape index (κ1) is 16.9. The molecule has 3 saturated carbocycles. The van der Waals surface area contributed by atoms with Crippen molar-refractivity contribution < 1.29 is 9.53 Å². The quantitative estimate of drug-likeness (QED) is 0.804. The maximum Gasteiger partial charge on any atom is 0.408 e. The Labute approximate surface area is 156 Å². The number of halogens is 1. The summed E-state index contributed by atoms with van der Waals surface area (Å²) < 4.78 is 5.37. The van der Waals surface area contributed by atoms with Gasteiger partial charge in [-0.25, -0.2) is 9.78 Å². The zero-order chi connectivity index (χ0) is 17.9. The van der Waals surface area contributed by atoms with Crippen LogP contribution in [0.15, 0.2) is 29.6 Å². The van der Waals surface area contributed by atoms with Gasteiger partial charge in [-0.1, -0.05) is 23.7 Å². The van der Waals surface area contributed by atoms with Crippen LogP contribution in [0, 0.1) is 0 Å². The molecule has 3 fully saturated rings. The molecule has 2 bridgehead atoms. The third-order valence-electron chi connectivity index (χ3n) is 4.89. The van der Waals surface area contributed by atoms with Crippen LogP contribution in [-0.2, 0) is 10.2 Å². The highest BCUT2D eigenvalue weighted by Crippen LogP contribution is 2.68. The topological polar surface area (TPSA) is 51.2 Å². The van der Waals surface area contributed by atoms with Crippen LogP contribution in [0.1, 0.15) is 45.0 Å². The molecule has 0 aliphatic heterocycles. The van der Waals surface area contributed by atoms with Gasteiger partial charge in [0, 0.05) is 26.9 Å². The maximum absolute atomic E-state index is 12.0. The highest BCUT2D eigenvalue weighted by Gasteiger charge is 2.70. The zero-order valence-corrected chi connectivity index (χ0v) is 16.1. The Hall–Kier alpha value is -1.59. The minimum absolute atomic E-state index is 0.0889. The summed E-state index contributed by atoms with van der Waals surface area (Å²) in [6, 6.07) is 7.76. The van der Waals surface area contributed by atoms with Crippen LogP contribution in [0.3, 0.4) is 0 Å². The fourth-order valence-corrected chi connectivity index (χ4v) is 5.09. The molecular formula is C19H21ClN2O2S. The second kappa shape index (κ2) is 5.45. The van der Waals surface area contributed by atoms with E-state index in [-0.39, 0.29) is 17.0 Å². The van der Waals surface area contributed by atoms with Crippen LogP contribution in [0.25, 0.3) is 11.3 Å². The average molecular weight is 377 g/mol. The Morgan fingerprint density at radius 3 is 2.48 bits per heavy atom. The van der Waals surface area contributed by atoms with Gasteiger partial charge in [-0.2, -0.15) is 0 Å². The van der Waals surface area contributed by atoms with Gasteiger partial charge in [0.25, 0.3) is 0 Å². The van der Waals surface area contributed by atoms with Crippen LogP contribution in [-0.4, -0.2) is 22.2 Å². The Morgan fingerprint density at radius 1 is 1.24 bits per heavy atom. The Bertz CT molecular complexity index is 803. The number of carbonyl (C=O) groups is 1. The van der Waals surface area contributed by atoms with Gasteiger partial charge in [0.05, 0.1) is 10.7 Å². The number of ether oxygens (including phenoxy) is 1. The molecule has 132 valence electrons. The van der Waals surface area contributed by atoms with Gasteiger partial charge in [0.1, 0.15) is 5.60 Å². The Kier molecular flexibility index (Phi) is 3.68. The molecule has 0 unspecified atom stereocenters. The fraction of sp³-hybridized carbons (Fsp3) is 0.474. The second-order valence-electron chi connectivity index (χ2n) is 8.26. The Morgan fingerprint density at radius 2 is 1.88 bits per heavy atom. The number of aromatic nitrogens is 1. The predicted molar refractivity (Wildman–Crippen MR) is 100 cm³/mol. The first-order valence-corrected chi connectivity index (χ1v) is 9.68. The third-order valence-corrected chi connectivity index (χ3v) is 6.23.